The number of Topliss-reactive ketones (excluding diaryl/α,β-unsaturated/α-hetero) is 1. The quantitative estimate of drug-likeness (QED) is 0.667. The average Bonchev–Trinajstić information content (AvgIpc) is 2.70. The first-order valence-electron chi connectivity index (χ1n) is 5.61. The predicted octanol–water partition coefficient (Wildman–Crippen LogP) is 0.520. The first kappa shape index (κ1) is 12.2. The molecule has 0 aromatic carbocycles. The molecule has 1 aliphatic rings. The van der Waals surface area contributed by atoms with Crippen LogP contribution in [0.5, 0.6) is 0 Å². The number of likely N-dealkylation sites (N-methyl/N-ethyl adjacent to an activating group) is 1. The van der Waals surface area contributed by atoms with E-state index in [1.54, 1.807) is 4.90 Å². The van der Waals surface area contributed by atoms with Crippen molar-refractivity contribution in [2.45, 2.75) is 26.2 Å². The van der Waals surface area contributed by atoms with Crippen molar-refractivity contribution in [3.63, 3.8) is 0 Å². The number of carbonyl (C=O) groups is 2. The van der Waals surface area contributed by atoms with E-state index in [2.05, 4.69) is 0 Å². The van der Waals surface area contributed by atoms with E-state index in [0.717, 1.165) is 25.9 Å². The molecule has 0 aromatic heterocycles. The zero-order chi connectivity index (χ0) is 11.3. The molecule has 4 heteroatoms. The average molecular weight is 212 g/mol. The van der Waals surface area contributed by atoms with Gasteiger partial charge in [-0.15, -0.1) is 0 Å². The molecule has 0 N–H and O–H groups in total. The summed E-state index contributed by atoms with van der Waals surface area (Å²) in [5.74, 6) is 0.339. The van der Waals surface area contributed by atoms with Gasteiger partial charge in [-0.2, -0.15) is 0 Å². The lowest BCUT2D eigenvalue weighted by Gasteiger charge is -2.20. The third kappa shape index (κ3) is 4.00. The summed E-state index contributed by atoms with van der Waals surface area (Å²) >= 11 is 0. The van der Waals surface area contributed by atoms with Crippen molar-refractivity contribution in [3.05, 3.63) is 0 Å². The van der Waals surface area contributed by atoms with Crippen LogP contribution in [0.1, 0.15) is 26.2 Å². The molecular formula is C11H20N2O2. The molecule has 4 nitrogen and oxygen atoms in total. The first-order valence-corrected chi connectivity index (χ1v) is 5.61. The van der Waals surface area contributed by atoms with Gasteiger partial charge < -0.3 is 4.90 Å². The maximum absolute atomic E-state index is 11.7. The van der Waals surface area contributed by atoms with Crippen LogP contribution in [0.2, 0.25) is 0 Å². The van der Waals surface area contributed by atoms with Gasteiger partial charge >= 0.3 is 0 Å². The molecule has 0 spiro atoms. The maximum atomic E-state index is 11.7. The Labute approximate surface area is 91.2 Å². The molecule has 1 saturated heterocycles. The van der Waals surface area contributed by atoms with Crippen molar-refractivity contribution in [3.8, 4) is 0 Å². The predicted molar refractivity (Wildman–Crippen MR) is 58.6 cm³/mol. The molecule has 1 rings (SSSR count). The van der Waals surface area contributed by atoms with Crippen LogP contribution in [-0.4, -0.2) is 54.7 Å². The monoisotopic (exact) mass is 212 g/mol. The molecule has 86 valence electrons. The van der Waals surface area contributed by atoms with Gasteiger partial charge in [0.05, 0.1) is 13.1 Å². The second-order valence-electron chi connectivity index (χ2n) is 4.15. The van der Waals surface area contributed by atoms with Crippen LogP contribution in [-0.2, 0) is 9.59 Å². The standard InChI is InChI=1S/C11H20N2O2/c1-3-10(14)8-12(2)9-11(15)13-6-4-5-7-13/h3-9H2,1-2H3. The van der Waals surface area contributed by atoms with E-state index in [4.69, 9.17) is 0 Å². The van der Waals surface area contributed by atoms with Crippen LogP contribution in [0.15, 0.2) is 0 Å². The van der Waals surface area contributed by atoms with Crippen LogP contribution < -0.4 is 0 Å². The lowest BCUT2D eigenvalue weighted by Crippen LogP contribution is -2.39. The van der Waals surface area contributed by atoms with Gasteiger partial charge in [0, 0.05) is 19.5 Å². The third-order valence-electron chi connectivity index (χ3n) is 2.70. The number of hydrogen-bond donors (Lipinski definition) is 0. The molecule has 0 bridgehead atoms. The van der Waals surface area contributed by atoms with Crippen LogP contribution in [0.3, 0.4) is 0 Å². The summed E-state index contributed by atoms with van der Waals surface area (Å²) < 4.78 is 0. The molecule has 0 radical (unpaired) electrons. The smallest absolute Gasteiger partial charge is 0.236 e. The lowest BCUT2D eigenvalue weighted by molar-refractivity contribution is -0.131. The number of likely N-dealkylation sites (tertiary alicyclic amines) is 1. The van der Waals surface area contributed by atoms with E-state index < -0.39 is 0 Å². The molecule has 0 atom stereocenters. The Kier molecular flexibility index (Phi) is 4.75. The number of ketones is 1. The number of carbonyl (C=O) groups excluding carboxylic acids is 2. The Morgan fingerprint density at radius 2 is 1.80 bits per heavy atom. The zero-order valence-corrected chi connectivity index (χ0v) is 9.66. The van der Waals surface area contributed by atoms with Crippen molar-refractivity contribution in [1.82, 2.24) is 9.80 Å². The molecule has 15 heavy (non-hydrogen) atoms. The van der Waals surface area contributed by atoms with E-state index in [9.17, 15) is 9.59 Å². The molecule has 0 aliphatic carbocycles. The van der Waals surface area contributed by atoms with Crippen LogP contribution in [0.4, 0.5) is 0 Å². The highest BCUT2D eigenvalue weighted by Crippen LogP contribution is 2.07. The second-order valence-corrected chi connectivity index (χ2v) is 4.15. The van der Waals surface area contributed by atoms with Gasteiger partial charge in [-0.05, 0) is 19.9 Å². The summed E-state index contributed by atoms with van der Waals surface area (Å²) in [7, 11) is 1.82. The third-order valence-corrected chi connectivity index (χ3v) is 2.70. The van der Waals surface area contributed by atoms with Crippen molar-refractivity contribution < 1.29 is 9.59 Å². The fourth-order valence-electron chi connectivity index (χ4n) is 1.77. The van der Waals surface area contributed by atoms with E-state index >= 15 is 0 Å². The molecule has 1 aliphatic heterocycles. The SMILES string of the molecule is CCC(=O)CN(C)CC(=O)N1CCCC1. The van der Waals surface area contributed by atoms with E-state index in [1.165, 1.54) is 0 Å². The van der Waals surface area contributed by atoms with Gasteiger partial charge in [0.1, 0.15) is 5.78 Å². The summed E-state index contributed by atoms with van der Waals surface area (Å²) in [5, 5.41) is 0. The molecule has 1 amide bonds. The Balaban J connectivity index is 2.27. The van der Waals surface area contributed by atoms with Gasteiger partial charge in [0.25, 0.3) is 0 Å². The largest absolute Gasteiger partial charge is 0.342 e. The summed E-state index contributed by atoms with van der Waals surface area (Å²) in [4.78, 5) is 26.5. The van der Waals surface area contributed by atoms with E-state index in [0.29, 0.717) is 19.5 Å². The summed E-state index contributed by atoms with van der Waals surface area (Å²) in [6.45, 7) is 4.36. The Hall–Kier alpha value is -0.900. The number of nitrogens with zero attached hydrogens (tertiary/aromatic N) is 2. The fraction of sp³-hybridized carbons (Fsp3) is 0.818. The summed E-state index contributed by atoms with van der Waals surface area (Å²) in [5.41, 5.74) is 0. The van der Waals surface area contributed by atoms with Crippen molar-refractivity contribution in [1.29, 1.82) is 0 Å². The van der Waals surface area contributed by atoms with Crippen molar-refractivity contribution in [2.24, 2.45) is 0 Å². The van der Waals surface area contributed by atoms with Gasteiger partial charge in [-0.25, -0.2) is 0 Å². The molecule has 1 heterocycles. The highest BCUT2D eigenvalue weighted by Gasteiger charge is 2.19. The molecule has 0 aromatic rings. The lowest BCUT2D eigenvalue weighted by atomic mass is 10.3. The maximum Gasteiger partial charge on any atom is 0.236 e. The number of rotatable bonds is 5. The molecular weight excluding hydrogens is 192 g/mol. The topological polar surface area (TPSA) is 40.6 Å². The molecule has 0 saturated carbocycles. The van der Waals surface area contributed by atoms with Crippen LogP contribution >= 0.6 is 0 Å². The first-order chi connectivity index (χ1) is 7.13. The highest BCUT2D eigenvalue weighted by molar-refractivity contribution is 5.82. The van der Waals surface area contributed by atoms with Crippen molar-refractivity contribution in [2.75, 3.05) is 33.2 Å². The van der Waals surface area contributed by atoms with Gasteiger partial charge in [0.15, 0.2) is 0 Å². The Morgan fingerprint density at radius 3 is 2.33 bits per heavy atom. The normalized spacial score (nSPS) is 16.1. The van der Waals surface area contributed by atoms with Gasteiger partial charge in [0.2, 0.25) is 5.91 Å². The Bertz CT molecular complexity index is 235. The highest BCUT2D eigenvalue weighted by atomic mass is 16.2. The van der Waals surface area contributed by atoms with Crippen molar-refractivity contribution >= 4 is 11.7 Å². The summed E-state index contributed by atoms with van der Waals surface area (Å²) in [6, 6.07) is 0. The summed E-state index contributed by atoms with van der Waals surface area (Å²) in [6.07, 6.45) is 2.77. The minimum atomic E-state index is 0.152. The fourth-order valence-corrected chi connectivity index (χ4v) is 1.77. The molecule has 0 unspecified atom stereocenters. The van der Waals surface area contributed by atoms with Crippen LogP contribution in [0.25, 0.3) is 0 Å². The Morgan fingerprint density at radius 1 is 1.20 bits per heavy atom. The van der Waals surface area contributed by atoms with Crippen LogP contribution in [0, 0.1) is 0 Å². The molecule has 1 fully saturated rings. The van der Waals surface area contributed by atoms with E-state index in [-0.39, 0.29) is 11.7 Å². The second kappa shape index (κ2) is 5.85. The minimum Gasteiger partial charge on any atom is -0.342 e. The zero-order valence-electron chi connectivity index (χ0n) is 9.66. The number of amides is 1. The minimum absolute atomic E-state index is 0.152. The van der Waals surface area contributed by atoms with Gasteiger partial charge in [-0.3, -0.25) is 14.5 Å². The number of hydrogen-bond acceptors (Lipinski definition) is 3. The van der Waals surface area contributed by atoms with E-state index in [1.807, 2.05) is 18.9 Å². The van der Waals surface area contributed by atoms with Gasteiger partial charge in [-0.1, -0.05) is 6.92 Å².